The van der Waals surface area contributed by atoms with E-state index in [-0.39, 0.29) is 5.76 Å². The van der Waals surface area contributed by atoms with Crippen LogP contribution in [0, 0.1) is 3.95 Å². The fourth-order valence-corrected chi connectivity index (χ4v) is 4.86. The second-order valence-electron chi connectivity index (χ2n) is 5.22. The third-order valence-electron chi connectivity index (χ3n) is 3.64. The van der Waals surface area contributed by atoms with Crippen LogP contribution in [0.15, 0.2) is 68.1 Å². The summed E-state index contributed by atoms with van der Waals surface area (Å²) in [7, 11) is 0. The summed E-state index contributed by atoms with van der Waals surface area (Å²) in [5.41, 5.74) is 2.38. The van der Waals surface area contributed by atoms with E-state index in [0.717, 1.165) is 15.5 Å². The number of aromatic nitrogens is 3. The largest absolute Gasteiger partial charge is 0.419 e. The molecule has 0 bridgehead atoms. The number of benzene rings is 2. The molecule has 0 aliphatic heterocycles. The smallest absolute Gasteiger partial charge is 0.408 e. The monoisotopic (exact) mass is 387 g/mol. The molecule has 4 rings (SSSR count). The summed E-state index contributed by atoms with van der Waals surface area (Å²) < 4.78 is 10.3. The summed E-state index contributed by atoms with van der Waals surface area (Å²) in [6.07, 6.45) is 0. The number of hydrogen-bond donors (Lipinski definition) is 0. The predicted molar refractivity (Wildman–Crippen MR) is 103 cm³/mol. The molecule has 2 aromatic heterocycles. The van der Waals surface area contributed by atoms with Gasteiger partial charge in [0.15, 0.2) is 13.9 Å². The normalized spacial score (nSPS) is 11.2. The number of oxazole rings is 1. The van der Waals surface area contributed by atoms with E-state index in [1.165, 1.54) is 11.3 Å². The molecule has 0 saturated heterocycles. The fourth-order valence-electron chi connectivity index (χ4n) is 2.50. The van der Waals surface area contributed by atoms with E-state index in [0.29, 0.717) is 21.8 Å². The Kier molecular flexibility index (Phi) is 4.56. The van der Waals surface area contributed by atoms with E-state index >= 15 is 0 Å². The van der Waals surface area contributed by atoms with E-state index in [2.05, 4.69) is 5.10 Å². The van der Waals surface area contributed by atoms with Crippen molar-refractivity contribution in [3.05, 3.63) is 69.1 Å². The van der Waals surface area contributed by atoms with Gasteiger partial charge in [0.05, 0.1) is 11.2 Å². The Bertz CT molecular complexity index is 1130. The van der Waals surface area contributed by atoms with Crippen LogP contribution in [0.25, 0.3) is 16.8 Å². The van der Waals surface area contributed by atoms with Crippen molar-refractivity contribution in [2.75, 3.05) is 5.75 Å². The summed E-state index contributed by atoms with van der Waals surface area (Å²) in [5, 5.41) is 4.57. The summed E-state index contributed by atoms with van der Waals surface area (Å²) in [4.78, 5) is 12.0. The topological polar surface area (TPSA) is 53.0 Å². The molecule has 0 aliphatic rings. The molecule has 0 aliphatic carbocycles. The van der Waals surface area contributed by atoms with Crippen molar-refractivity contribution in [1.29, 1.82) is 0 Å². The fraction of sp³-hybridized carbons (Fsp3) is 0.118. The van der Waals surface area contributed by atoms with Crippen molar-refractivity contribution in [2.24, 2.45) is 0 Å². The lowest BCUT2D eigenvalue weighted by Crippen LogP contribution is -2.15. The van der Waals surface area contributed by atoms with Crippen molar-refractivity contribution in [3.8, 4) is 5.69 Å². The zero-order chi connectivity index (χ0) is 17.2. The van der Waals surface area contributed by atoms with Gasteiger partial charge in [0.2, 0.25) is 0 Å². The second-order valence-corrected chi connectivity index (χ2v) is 8.18. The Morgan fingerprint density at radius 2 is 1.88 bits per heavy atom. The maximum atomic E-state index is 12.0. The van der Waals surface area contributed by atoms with Crippen molar-refractivity contribution in [3.63, 3.8) is 0 Å². The van der Waals surface area contributed by atoms with Gasteiger partial charge in [-0.15, -0.1) is 5.10 Å². The highest BCUT2D eigenvalue weighted by molar-refractivity contribution is 8.01. The van der Waals surface area contributed by atoms with Crippen molar-refractivity contribution in [2.45, 2.75) is 10.9 Å². The zero-order valence-corrected chi connectivity index (χ0v) is 15.4. The molecule has 0 saturated carbocycles. The van der Waals surface area contributed by atoms with Gasteiger partial charge in [-0.1, -0.05) is 53.4 Å². The number of thioether (sulfide) groups is 1. The highest BCUT2D eigenvalue weighted by atomic mass is 32.2. The van der Waals surface area contributed by atoms with Gasteiger partial charge in [-0.2, -0.15) is 0 Å². The summed E-state index contributed by atoms with van der Waals surface area (Å²) >= 11 is 8.46. The van der Waals surface area contributed by atoms with Gasteiger partial charge in [0.25, 0.3) is 0 Å². The molecule has 2 heterocycles. The average Bonchev–Trinajstić information content (AvgIpc) is 3.16. The average molecular weight is 388 g/mol. The van der Waals surface area contributed by atoms with E-state index in [1.54, 1.807) is 27.1 Å². The Morgan fingerprint density at radius 3 is 2.72 bits per heavy atom. The highest BCUT2D eigenvalue weighted by Gasteiger charge is 2.10. The Balaban J connectivity index is 1.50. The summed E-state index contributed by atoms with van der Waals surface area (Å²) in [6, 6.07) is 17.3. The van der Waals surface area contributed by atoms with Crippen LogP contribution >= 0.6 is 35.3 Å². The van der Waals surface area contributed by atoms with Gasteiger partial charge < -0.3 is 4.42 Å². The van der Waals surface area contributed by atoms with Crippen molar-refractivity contribution < 1.29 is 4.42 Å². The predicted octanol–water partition coefficient (Wildman–Crippen LogP) is 4.36. The first kappa shape index (κ1) is 16.3. The van der Waals surface area contributed by atoms with Crippen LogP contribution in [0.5, 0.6) is 0 Å². The number of hydrogen-bond acceptors (Lipinski definition) is 6. The number of para-hydroxylation sites is 3. The van der Waals surface area contributed by atoms with Crippen LogP contribution in [0.1, 0.15) is 0 Å². The Hall–Kier alpha value is -2.16. The van der Waals surface area contributed by atoms with Crippen molar-refractivity contribution >= 4 is 46.4 Å². The van der Waals surface area contributed by atoms with Gasteiger partial charge in [0, 0.05) is 12.3 Å². The molecule has 0 atom stereocenters. The number of aryl methyl sites for hydroxylation is 1. The Labute approximate surface area is 156 Å². The third kappa shape index (κ3) is 3.33. The molecule has 4 aromatic rings. The number of fused-ring (bicyclic) bond motifs is 1. The zero-order valence-electron chi connectivity index (χ0n) is 13.0. The molecular weight excluding hydrogens is 374 g/mol. The Morgan fingerprint density at radius 1 is 1.12 bits per heavy atom. The molecule has 2 aromatic carbocycles. The molecule has 0 N–H and O–H groups in total. The molecule has 0 fully saturated rings. The summed E-state index contributed by atoms with van der Waals surface area (Å²) in [6.45, 7) is 0.554. The number of nitrogens with zero attached hydrogens (tertiary/aromatic N) is 3. The minimum atomic E-state index is -0.329. The van der Waals surface area contributed by atoms with E-state index in [9.17, 15) is 4.79 Å². The van der Waals surface area contributed by atoms with Gasteiger partial charge in [-0.05, 0) is 36.5 Å². The third-order valence-corrected chi connectivity index (χ3v) is 5.99. The quantitative estimate of drug-likeness (QED) is 0.376. The standard InChI is InChI=1S/C17H13N3O2S3/c21-16-19(13-8-4-5-9-14(13)22-16)10-11-24-15-18-20(17(23)25-15)12-6-2-1-3-7-12/h1-9H,10-11H2. The van der Waals surface area contributed by atoms with Crippen LogP contribution in [-0.2, 0) is 6.54 Å². The molecule has 25 heavy (non-hydrogen) atoms. The SMILES string of the molecule is O=c1oc2ccccc2n1CCSc1nn(-c2ccccc2)c(=S)s1. The highest BCUT2D eigenvalue weighted by Crippen LogP contribution is 2.24. The van der Waals surface area contributed by atoms with E-state index < -0.39 is 0 Å². The van der Waals surface area contributed by atoms with Crippen LogP contribution in [-0.4, -0.2) is 20.1 Å². The minimum Gasteiger partial charge on any atom is -0.408 e. The maximum absolute atomic E-state index is 12.0. The lowest BCUT2D eigenvalue weighted by Gasteiger charge is -2.01. The van der Waals surface area contributed by atoms with Crippen LogP contribution in [0.4, 0.5) is 0 Å². The molecule has 126 valence electrons. The molecule has 5 nitrogen and oxygen atoms in total. The van der Waals surface area contributed by atoms with Crippen molar-refractivity contribution in [1.82, 2.24) is 14.3 Å². The maximum Gasteiger partial charge on any atom is 0.419 e. The van der Waals surface area contributed by atoms with Crippen LogP contribution < -0.4 is 5.76 Å². The first-order valence-electron chi connectivity index (χ1n) is 7.59. The van der Waals surface area contributed by atoms with Gasteiger partial charge >= 0.3 is 5.76 Å². The molecule has 8 heteroatoms. The van der Waals surface area contributed by atoms with Gasteiger partial charge in [0.1, 0.15) is 0 Å². The van der Waals surface area contributed by atoms with Gasteiger partial charge in [-0.3, -0.25) is 4.57 Å². The first-order valence-corrected chi connectivity index (χ1v) is 9.80. The van der Waals surface area contributed by atoms with E-state index in [1.807, 2.05) is 48.5 Å². The minimum absolute atomic E-state index is 0.329. The van der Waals surface area contributed by atoms with Crippen LogP contribution in [0.3, 0.4) is 0 Å². The molecule has 0 spiro atoms. The second kappa shape index (κ2) is 6.99. The molecule has 0 radical (unpaired) electrons. The lowest BCUT2D eigenvalue weighted by molar-refractivity contribution is 0.514. The molecule has 0 amide bonds. The molecular formula is C17H13N3O2S3. The summed E-state index contributed by atoms with van der Waals surface area (Å²) in [5.74, 6) is 0.379. The van der Waals surface area contributed by atoms with Gasteiger partial charge in [-0.25, -0.2) is 9.48 Å². The van der Waals surface area contributed by atoms with Crippen LogP contribution in [0.2, 0.25) is 0 Å². The lowest BCUT2D eigenvalue weighted by atomic mass is 10.3. The van der Waals surface area contributed by atoms with E-state index in [4.69, 9.17) is 16.6 Å². The number of rotatable bonds is 5. The molecule has 0 unspecified atom stereocenters. The first-order chi connectivity index (χ1) is 12.2.